The number of nitrogens with one attached hydrogen (secondary N) is 1. The number of rotatable bonds is 3. The molecule has 1 heterocycles. The Hall–Kier alpha value is -0.370. The molecule has 0 aromatic heterocycles. The first-order chi connectivity index (χ1) is 8.90. The summed E-state index contributed by atoms with van der Waals surface area (Å²) in [6.45, 7) is 0.984. The van der Waals surface area contributed by atoms with Crippen LogP contribution in [0.4, 0.5) is 10.1 Å². The van der Waals surface area contributed by atoms with Crippen LogP contribution in [0.1, 0.15) is 19.3 Å². The molecular weight excluding hydrogens is 359 g/mol. The Kier molecular flexibility index (Phi) is 4.70. The second kappa shape index (κ2) is 5.95. The van der Waals surface area contributed by atoms with Gasteiger partial charge < -0.3 is 0 Å². The average Bonchev–Trinajstić information content (AvgIpc) is 2.35. The van der Waals surface area contributed by atoms with Gasteiger partial charge in [0, 0.05) is 17.6 Å². The monoisotopic (exact) mass is 370 g/mol. The minimum atomic E-state index is -3.65. The van der Waals surface area contributed by atoms with E-state index in [2.05, 4.69) is 20.7 Å². The molecule has 19 heavy (non-hydrogen) atoms. The fourth-order valence-electron chi connectivity index (χ4n) is 1.94. The molecule has 2 rings (SSSR count). The molecule has 0 spiro atoms. The van der Waals surface area contributed by atoms with Gasteiger partial charge in [0.05, 0.1) is 10.7 Å². The summed E-state index contributed by atoms with van der Waals surface area (Å²) >= 11 is 8.97. The lowest BCUT2D eigenvalue weighted by Crippen LogP contribution is -2.39. The highest BCUT2D eigenvalue weighted by Gasteiger charge is 2.25. The van der Waals surface area contributed by atoms with Crippen LogP contribution in [0.2, 0.25) is 5.02 Å². The van der Waals surface area contributed by atoms with Crippen molar-refractivity contribution in [3.8, 4) is 0 Å². The Labute approximate surface area is 125 Å². The van der Waals surface area contributed by atoms with Crippen LogP contribution in [0.15, 0.2) is 16.6 Å². The van der Waals surface area contributed by atoms with Crippen LogP contribution in [0.3, 0.4) is 0 Å². The minimum absolute atomic E-state index is 0.0208. The summed E-state index contributed by atoms with van der Waals surface area (Å²) in [7, 11) is -3.65. The Morgan fingerprint density at radius 2 is 1.89 bits per heavy atom. The highest BCUT2D eigenvalue weighted by Crippen LogP contribution is 2.33. The third-order valence-corrected chi connectivity index (χ3v) is 5.32. The number of hydrogen-bond acceptors (Lipinski definition) is 2. The summed E-state index contributed by atoms with van der Waals surface area (Å²) in [4.78, 5) is 0. The van der Waals surface area contributed by atoms with Crippen LogP contribution in [0.25, 0.3) is 0 Å². The maximum absolute atomic E-state index is 13.1. The fraction of sp³-hybridized carbons (Fsp3) is 0.455. The predicted octanol–water partition coefficient (Wildman–Crippen LogP) is 3.38. The van der Waals surface area contributed by atoms with Crippen molar-refractivity contribution >= 4 is 43.4 Å². The Morgan fingerprint density at radius 3 is 2.47 bits per heavy atom. The summed E-state index contributed by atoms with van der Waals surface area (Å²) in [6, 6.07) is 2.24. The largest absolute Gasteiger partial charge is 0.301 e. The van der Waals surface area contributed by atoms with Gasteiger partial charge in [0.25, 0.3) is 0 Å². The van der Waals surface area contributed by atoms with Crippen molar-refractivity contribution in [2.75, 3.05) is 17.8 Å². The first kappa shape index (κ1) is 15.0. The number of benzene rings is 1. The lowest BCUT2D eigenvalue weighted by Gasteiger charge is -2.26. The minimum Gasteiger partial charge on any atom is -0.268 e. The summed E-state index contributed by atoms with van der Waals surface area (Å²) in [5.41, 5.74) is 0.161. The van der Waals surface area contributed by atoms with E-state index in [1.165, 1.54) is 10.4 Å². The van der Waals surface area contributed by atoms with Gasteiger partial charge in [-0.05, 0) is 40.9 Å². The number of halogens is 3. The Bertz CT molecular complexity index is 553. The van der Waals surface area contributed by atoms with Crippen molar-refractivity contribution in [2.45, 2.75) is 19.3 Å². The zero-order chi connectivity index (χ0) is 14.0. The standard InChI is InChI=1S/C11H13BrClFN2O2S/c12-9-6-8(14)7-10(13)11(9)15-19(17,18)16-4-2-1-3-5-16/h6-7,15H,1-5H2. The van der Waals surface area contributed by atoms with Crippen molar-refractivity contribution in [3.05, 3.63) is 27.4 Å². The van der Waals surface area contributed by atoms with Crippen molar-refractivity contribution < 1.29 is 12.8 Å². The van der Waals surface area contributed by atoms with E-state index in [1.807, 2.05) is 0 Å². The number of hydrogen-bond donors (Lipinski definition) is 1. The maximum Gasteiger partial charge on any atom is 0.301 e. The molecule has 0 aliphatic carbocycles. The molecule has 1 saturated heterocycles. The van der Waals surface area contributed by atoms with Gasteiger partial charge >= 0.3 is 10.2 Å². The van der Waals surface area contributed by atoms with Gasteiger partial charge in [-0.3, -0.25) is 4.72 Å². The molecule has 1 aromatic carbocycles. The van der Waals surface area contributed by atoms with E-state index in [4.69, 9.17) is 11.6 Å². The van der Waals surface area contributed by atoms with Crippen LogP contribution in [0.5, 0.6) is 0 Å². The second-order valence-corrected chi connectivity index (χ2v) is 7.24. The first-order valence-corrected chi connectivity index (χ1v) is 8.44. The molecule has 1 fully saturated rings. The molecule has 0 amide bonds. The first-order valence-electron chi connectivity index (χ1n) is 5.82. The lowest BCUT2D eigenvalue weighted by molar-refractivity contribution is 0.349. The van der Waals surface area contributed by atoms with Crippen molar-refractivity contribution in [2.24, 2.45) is 0 Å². The van der Waals surface area contributed by atoms with Gasteiger partial charge in [0.15, 0.2) is 0 Å². The van der Waals surface area contributed by atoms with Crippen molar-refractivity contribution in [3.63, 3.8) is 0 Å². The van der Waals surface area contributed by atoms with Gasteiger partial charge in [-0.2, -0.15) is 12.7 Å². The molecule has 1 aliphatic rings. The third-order valence-electron chi connectivity index (χ3n) is 2.89. The van der Waals surface area contributed by atoms with Crippen molar-refractivity contribution in [1.82, 2.24) is 4.31 Å². The maximum atomic E-state index is 13.1. The van der Waals surface area contributed by atoms with Gasteiger partial charge in [0.2, 0.25) is 0 Å². The van der Waals surface area contributed by atoms with Crippen LogP contribution in [-0.2, 0) is 10.2 Å². The topological polar surface area (TPSA) is 49.4 Å². The van der Waals surface area contributed by atoms with Gasteiger partial charge in [0.1, 0.15) is 5.82 Å². The SMILES string of the molecule is O=S(=O)(Nc1c(Cl)cc(F)cc1Br)N1CCCCC1. The van der Waals surface area contributed by atoms with Gasteiger partial charge in [-0.1, -0.05) is 18.0 Å². The number of piperidine rings is 1. The third kappa shape index (κ3) is 3.59. The number of anilines is 1. The fourth-order valence-corrected chi connectivity index (χ4v) is 4.37. The molecule has 4 nitrogen and oxygen atoms in total. The molecule has 0 radical (unpaired) electrons. The van der Waals surface area contributed by atoms with Crippen LogP contribution in [-0.4, -0.2) is 25.8 Å². The second-order valence-electron chi connectivity index (χ2n) is 4.31. The molecule has 1 aliphatic heterocycles. The average molecular weight is 372 g/mol. The molecule has 8 heteroatoms. The molecular formula is C11H13BrClFN2O2S. The van der Waals surface area contributed by atoms with E-state index in [0.717, 1.165) is 25.3 Å². The van der Waals surface area contributed by atoms with E-state index in [9.17, 15) is 12.8 Å². The summed E-state index contributed by atoms with van der Waals surface area (Å²) < 4.78 is 41.5. The molecule has 0 saturated carbocycles. The van der Waals surface area contributed by atoms with Crippen molar-refractivity contribution in [1.29, 1.82) is 0 Å². The molecule has 106 valence electrons. The normalized spacial score (nSPS) is 17.4. The Balaban J connectivity index is 2.25. The highest BCUT2D eigenvalue weighted by molar-refractivity contribution is 9.10. The van der Waals surface area contributed by atoms with Crippen LogP contribution >= 0.6 is 27.5 Å². The molecule has 1 aromatic rings. The van der Waals surface area contributed by atoms with E-state index >= 15 is 0 Å². The lowest BCUT2D eigenvalue weighted by atomic mass is 10.2. The summed E-state index contributed by atoms with van der Waals surface area (Å²) in [5, 5.41) is 0.0208. The quantitative estimate of drug-likeness (QED) is 0.885. The van der Waals surface area contributed by atoms with Crippen LogP contribution in [0, 0.1) is 5.82 Å². The van der Waals surface area contributed by atoms with Gasteiger partial charge in [-0.25, -0.2) is 4.39 Å². The van der Waals surface area contributed by atoms with E-state index < -0.39 is 16.0 Å². The smallest absolute Gasteiger partial charge is 0.268 e. The zero-order valence-corrected chi connectivity index (χ0v) is 13.2. The van der Waals surface area contributed by atoms with E-state index in [0.29, 0.717) is 13.1 Å². The van der Waals surface area contributed by atoms with E-state index in [1.54, 1.807) is 0 Å². The van der Waals surface area contributed by atoms with Gasteiger partial charge in [-0.15, -0.1) is 0 Å². The van der Waals surface area contributed by atoms with E-state index in [-0.39, 0.29) is 15.2 Å². The summed E-state index contributed by atoms with van der Waals surface area (Å²) in [5.74, 6) is -0.530. The molecule has 0 bridgehead atoms. The highest BCUT2D eigenvalue weighted by atomic mass is 79.9. The molecule has 0 atom stereocenters. The van der Waals surface area contributed by atoms with Crippen LogP contribution < -0.4 is 4.72 Å². The Morgan fingerprint density at radius 1 is 1.26 bits per heavy atom. The molecule has 1 N–H and O–H groups in total. The zero-order valence-electron chi connectivity index (χ0n) is 10.00. The molecule has 0 unspecified atom stereocenters. The summed E-state index contributed by atoms with van der Waals surface area (Å²) in [6.07, 6.45) is 2.73. The predicted molar refractivity (Wildman–Crippen MR) is 77.1 cm³/mol. The number of nitrogens with zero attached hydrogens (tertiary/aromatic N) is 1.